The number of aromatic nitrogens is 1. The van der Waals surface area contributed by atoms with E-state index >= 15 is 0 Å². The van der Waals surface area contributed by atoms with Gasteiger partial charge in [-0.05, 0) is 31.2 Å². The van der Waals surface area contributed by atoms with E-state index in [4.69, 9.17) is 19.7 Å². The lowest BCUT2D eigenvalue weighted by molar-refractivity contribution is -0.120. The van der Waals surface area contributed by atoms with Crippen molar-refractivity contribution in [1.29, 1.82) is 0 Å². The maximum Gasteiger partial charge on any atom is 0.387 e. The summed E-state index contributed by atoms with van der Waals surface area (Å²) < 4.78 is 39.9. The fraction of sp³-hybridized carbons (Fsp3) is 0.250. The summed E-state index contributed by atoms with van der Waals surface area (Å²) >= 11 is 0. The third kappa shape index (κ3) is 3.75. The molecule has 0 bridgehead atoms. The molecule has 0 saturated carbocycles. The van der Waals surface area contributed by atoms with Crippen molar-refractivity contribution >= 4 is 11.6 Å². The number of halogens is 2. The molecule has 1 aliphatic heterocycles. The van der Waals surface area contributed by atoms with Crippen LogP contribution in [0.25, 0.3) is 5.70 Å². The quantitative estimate of drug-likeness (QED) is 0.770. The summed E-state index contributed by atoms with van der Waals surface area (Å²) in [7, 11) is 0. The Morgan fingerprint density at radius 1 is 1.42 bits per heavy atom. The van der Waals surface area contributed by atoms with Crippen LogP contribution in [0.5, 0.6) is 11.5 Å². The molecule has 26 heavy (non-hydrogen) atoms. The normalized spacial score (nSPS) is 19.2. The maximum absolute atomic E-state index is 12.5. The number of hydroxylamine groups is 1. The topological polar surface area (TPSA) is 109 Å². The lowest BCUT2D eigenvalue weighted by Gasteiger charge is -2.15. The first-order valence-corrected chi connectivity index (χ1v) is 7.43. The van der Waals surface area contributed by atoms with Crippen molar-refractivity contribution in [3.63, 3.8) is 0 Å². The van der Waals surface area contributed by atoms with Crippen LogP contribution < -0.4 is 20.7 Å². The molecule has 0 radical (unpaired) electrons. The maximum atomic E-state index is 12.5. The number of carbonyl (C=O) groups excluding carboxylic acids is 1. The van der Waals surface area contributed by atoms with Crippen LogP contribution in [0.4, 0.5) is 8.78 Å². The van der Waals surface area contributed by atoms with E-state index in [-0.39, 0.29) is 11.5 Å². The molecular weight excluding hydrogens is 352 g/mol. The number of alkyl halides is 2. The van der Waals surface area contributed by atoms with Gasteiger partial charge < -0.3 is 19.6 Å². The minimum absolute atomic E-state index is 0.0578. The van der Waals surface area contributed by atoms with Gasteiger partial charge in [0.15, 0.2) is 35.9 Å². The molecule has 1 unspecified atom stereocenters. The van der Waals surface area contributed by atoms with E-state index in [2.05, 4.69) is 15.2 Å². The molecule has 1 aromatic carbocycles. The average Bonchev–Trinajstić information content (AvgIpc) is 3.24. The molecule has 0 saturated heterocycles. The second-order valence-corrected chi connectivity index (χ2v) is 5.53. The summed E-state index contributed by atoms with van der Waals surface area (Å²) in [6.45, 7) is -1.77. The Hall–Kier alpha value is -3.14. The van der Waals surface area contributed by atoms with Gasteiger partial charge in [0, 0.05) is 5.56 Å². The lowest BCUT2D eigenvalue weighted by Crippen LogP contribution is -2.22. The fourth-order valence-corrected chi connectivity index (χ4v) is 2.35. The molecule has 10 heteroatoms. The minimum Gasteiger partial charge on any atom is -0.480 e. The number of carbonyl (C=O) groups is 1. The van der Waals surface area contributed by atoms with E-state index in [9.17, 15) is 13.6 Å². The van der Waals surface area contributed by atoms with Crippen molar-refractivity contribution in [2.45, 2.75) is 19.1 Å². The zero-order valence-corrected chi connectivity index (χ0v) is 13.6. The van der Waals surface area contributed by atoms with Crippen molar-refractivity contribution in [3.05, 3.63) is 48.2 Å². The monoisotopic (exact) mass is 367 g/mol. The predicted molar refractivity (Wildman–Crippen MR) is 83.8 cm³/mol. The van der Waals surface area contributed by atoms with Gasteiger partial charge in [-0.15, -0.1) is 0 Å². The van der Waals surface area contributed by atoms with E-state index in [0.717, 1.165) is 0 Å². The van der Waals surface area contributed by atoms with Gasteiger partial charge in [0.2, 0.25) is 0 Å². The van der Waals surface area contributed by atoms with E-state index in [1.54, 1.807) is 13.0 Å². The molecule has 1 amide bonds. The summed E-state index contributed by atoms with van der Waals surface area (Å²) in [5.74, 6) is -0.555. The second-order valence-electron chi connectivity index (χ2n) is 5.53. The van der Waals surface area contributed by atoms with Crippen molar-refractivity contribution in [3.8, 4) is 11.5 Å². The van der Waals surface area contributed by atoms with Gasteiger partial charge in [0.05, 0.1) is 11.9 Å². The number of nitrogens with two attached hydrogens (primary N) is 1. The molecule has 0 aliphatic carbocycles. The lowest BCUT2D eigenvalue weighted by atomic mass is 10.0. The Labute approximate surface area is 146 Å². The smallest absolute Gasteiger partial charge is 0.387 e. The number of oxazole rings is 1. The highest BCUT2D eigenvalue weighted by atomic mass is 19.3. The highest BCUT2D eigenvalue weighted by molar-refractivity contribution is 5.75. The van der Waals surface area contributed by atoms with Gasteiger partial charge in [-0.2, -0.15) is 8.78 Å². The Morgan fingerprint density at radius 3 is 2.88 bits per heavy atom. The SMILES string of the molecule is CC1(c2cnco2)C=C(c2ccc(OC(F)F)c(OCC(N)=O)c2)NO1. The number of nitrogens with one attached hydrogen (secondary N) is 1. The van der Waals surface area contributed by atoms with E-state index in [1.807, 2.05) is 0 Å². The molecule has 8 nitrogen and oxygen atoms in total. The van der Waals surface area contributed by atoms with Crippen LogP contribution in [0.2, 0.25) is 0 Å². The Bertz CT molecular complexity index is 825. The summed E-state index contributed by atoms with van der Waals surface area (Å²) in [5, 5.41) is 0. The van der Waals surface area contributed by atoms with E-state index in [1.165, 1.54) is 30.8 Å². The number of primary amides is 1. The van der Waals surface area contributed by atoms with Crippen LogP contribution in [-0.2, 0) is 15.2 Å². The fourth-order valence-electron chi connectivity index (χ4n) is 2.35. The first-order chi connectivity index (χ1) is 12.4. The first kappa shape index (κ1) is 17.7. The molecule has 0 spiro atoms. The Kier molecular flexibility index (Phi) is 4.76. The molecule has 3 N–H and O–H groups in total. The van der Waals surface area contributed by atoms with Gasteiger partial charge in [-0.25, -0.2) is 4.98 Å². The third-order valence-corrected chi connectivity index (χ3v) is 3.56. The van der Waals surface area contributed by atoms with Gasteiger partial charge in [0.1, 0.15) is 0 Å². The molecule has 138 valence electrons. The highest BCUT2D eigenvalue weighted by Crippen LogP contribution is 2.37. The molecule has 1 aliphatic rings. The van der Waals surface area contributed by atoms with Crippen LogP contribution in [0, 0.1) is 0 Å². The second kappa shape index (κ2) is 7.00. The standard InChI is InChI=1S/C16H15F2N3O5/c1-16(13-6-20-8-24-13)5-10(21-26-16)9-2-3-11(25-15(17)18)12(4-9)23-7-14(19)22/h2-6,8,15,21H,7H2,1H3,(H2,19,22). The van der Waals surface area contributed by atoms with E-state index in [0.29, 0.717) is 17.0 Å². The predicted octanol–water partition coefficient (Wildman–Crippen LogP) is 1.93. The molecule has 1 atom stereocenters. The molecule has 2 aromatic rings. The average molecular weight is 367 g/mol. The zero-order valence-electron chi connectivity index (χ0n) is 13.6. The summed E-state index contributed by atoms with van der Waals surface area (Å²) in [5.41, 5.74) is 7.95. The molecule has 2 heterocycles. The number of nitrogens with zero attached hydrogens (tertiary/aromatic N) is 1. The van der Waals surface area contributed by atoms with Gasteiger partial charge in [0.25, 0.3) is 5.91 Å². The van der Waals surface area contributed by atoms with Crippen molar-refractivity contribution in [2.75, 3.05) is 6.61 Å². The number of hydrogen-bond donors (Lipinski definition) is 2. The molecular formula is C16H15F2N3O5. The van der Waals surface area contributed by atoms with Crippen LogP contribution >= 0.6 is 0 Å². The number of ether oxygens (including phenoxy) is 2. The summed E-state index contributed by atoms with van der Waals surface area (Å²) in [6, 6.07) is 4.25. The van der Waals surface area contributed by atoms with E-state index < -0.39 is 24.7 Å². The molecule has 3 rings (SSSR count). The van der Waals surface area contributed by atoms with Crippen molar-refractivity contribution < 1.29 is 32.3 Å². The Balaban J connectivity index is 1.90. The van der Waals surface area contributed by atoms with Crippen LogP contribution in [0.15, 0.2) is 41.3 Å². The zero-order chi connectivity index (χ0) is 18.7. The number of hydrogen-bond acceptors (Lipinski definition) is 7. The number of benzene rings is 1. The summed E-state index contributed by atoms with van der Waals surface area (Å²) in [6.07, 6.45) is 4.53. The van der Waals surface area contributed by atoms with Crippen molar-refractivity contribution in [2.24, 2.45) is 5.73 Å². The van der Waals surface area contributed by atoms with Crippen LogP contribution in [0.1, 0.15) is 18.2 Å². The van der Waals surface area contributed by atoms with Crippen LogP contribution in [0.3, 0.4) is 0 Å². The highest BCUT2D eigenvalue weighted by Gasteiger charge is 2.35. The van der Waals surface area contributed by atoms with Crippen molar-refractivity contribution in [1.82, 2.24) is 10.5 Å². The molecule has 0 fully saturated rings. The first-order valence-electron chi connectivity index (χ1n) is 7.43. The largest absolute Gasteiger partial charge is 0.480 e. The van der Waals surface area contributed by atoms with Gasteiger partial charge in [-0.3, -0.25) is 15.1 Å². The van der Waals surface area contributed by atoms with Gasteiger partial charge >= 0.3 is 6.61 Å². The number of amides is 1. The molecule has 1 aromatic heterocycles. The Morgan fingerprint density at radius 2 is 2.23 bits per heavy atom. The van der Waals surface area contributed by atoms with Gasteiger partial charge in [-0.1, -0.05) is 0 Å². The number of rotatable bonds is 7. The van der Waals surface area contributed by atoms with Crippen LogP contribution in [-0.4, -0.2) is 24.1 Å². The third-order valence-electron chi connectivity index (χ3n) is 3.56. The summed E-state index contributed by atoms with van der Waals surface area (Å²) in [4.78, 5) is 20.3. The minimum atomic E-state index is -3.04.